The van der Waals surface area contributed by atoms with E-state index in [1.165, 1.54) is 25.7 Å². The Morgan fingerprint density at radius 3 is 2.80 bits per heavy atom. The van der Waals surface area contributed by atoms with Gasteiger partial charge in [-0.3, -0.25) is 4.79 Å². The zero-order chi connectivity index (χ0) is 14.2. The average Bonchev–Trinajstić information content (AvgIpc) is 3.30. The van der Waals surface area contributed by atoms with Gasteiger partial charge in [0.1, 0.15) is 5.82 Å². The van der Waals surface area contributed by atoms with Crippen LogP contribution in [0.5, 0.6) is 0 Å². The summed E-state index contributed by atoms with van der Waals surface area (Å²) in [4.78, 5) is 16.3. The molecule has 1 heterocycles. The first-order valence-electron chi connectivity index (χ1n) is 7.32. The predicted molar refractivity (Wildman–Crippen MR) is 80.1 cm³/mol. The molecule has 0 saturated heterocycles. The molecule has 1 amide bonds. The highest BCUT2D eigenvalue weighted by molar-refractivity contribution is 6.33. The minimum atomic E-state index is -0.0747. The summed E-state index contributed by atoms with van der Waals surface area (Å²) in [6.07, 6.45) is 6.77. The van der Waals surface area contributed by atoms with Gasteiger partial charge in [0.25, 0.3) is 5.91 Å². The number of nitrogens with one attached hydrogen (secondary N) is 2. The van der Waals surface area contributed by atoms with Crippen LogP contribution in [-0.2, 0) is 0 Å². The van der Waals surface area contributed by atoms with Crippen LogP contribution >= 0.6 is 11.6 Å². The second-order valence-electron chi connectivity index (χ2n) is 5.90. The molecular formula is C15H20ClN3O. The summed E-state index contributed by atoms with van der Waals surface area (Å²) in [5.74, 6) is 1.40. The first kappa shape index (κ1) is 13.7. The van der Waals surface area contributed by atoms with Crippen LogP contribution in [0.4, 0.5) is 5.82 Å². The average molecular weight is 294 g/mol. The van der Waals surface area contributed by atoms with Crippen LogP contribution in [0.3, 0.4) is 0 Å². The van der Waals surface area contributed by atoms with E-state index in [-0.39, 0.29) is 5.91 Å². The molecule has 0 aromatic carbocycles. The molecule has 108 valence electrons. The lowest BCUT2D eigenvalue weighted by atomic mass is 10.0. The summed E-state index contributed by atoms with van der Waals surface area (Å²) in [6.45, 7) is 3.52. The van der Waals surface area contributed by atoms with Crippen molar-refractivity contribution in [3.05, 3.63) is 22.8 Å². The van der Waals surface area contributed by atoms with E-state index in [1.54, 1.807) is 12.3 Å². The summed E-state index contributed by atoms with van der Waals surface area (Å²) in [7, 11) is 0. The highest BCUT2D eigenvalue weighted by Gasteiger charge is 2.53. The van der Waals surface area contributed by atoms with E-state index in [2.05, 4.69) is 15.6 Å². The van der Waals surface area contributed by atoms with Gasteiger partial charge in [-0.15, -0.1) is 0 Å². The molecule has 20 heavy (non-hydrogen) atoms. The number of carbonyl (C=O) groups excluding carboxylic acids is 1. The van der Waals surface area contributed by atoms with Gasteiger partial charge in [0.05, 0.1) is 10.6 Å². The molecule has 0 atom stereocenters. The first-order valence-corrected chi connectivity index (χ1v) is 7.70. The molecule has 1 aromatic rings. The van der Waals surface area contributed by atoms with E-state index in [4.69, 9.17) is 11.6 Å². The van der Waals surface area contributed by atoms with Crippen LogP contribution in [0.2, 0.25) is 5.02 Å². The Morgan fingerprint density at radius 1 is 1.50 bits per heavy atom. The summed E-state index contributed by atoms with van der Waals surface area (Å²) in [5, 5.41) is 6.59. The largest absolute Gasteiger partial charge is 0.369 e. The Hall–Kier alpha value is -1.29. The Morgan fingerprint density at radius 2 is 2.25 bits per heavy atom. The van der Waals surface area contributed by atoms with Crippen molar-refractivity contribution in [1.82, 2.24) is 10.3 Å². The lowest BCUT2D eigenvalue weighted by molar-refractivity contribution is 0.0942. The third-order valence-corrected chi connectivity index (χ3v) is 4.67. The molecule has 0 unspecified atom stereocenters. The molecule has 2 saturated carbocycles. The van der Waals surface area contributed by atoms with Crippen LogP contribution in [0.1, 0.15) is 43.0 Å². The van der Waals surface area contributed by atoms with Gasteiger partial charge in [0, 0.05) is 19.3 Å². The van der Waals surface area contributed by atoms with Gasteiger partial charge in [0.2, 0.25) is 0 Å². The Kier molecular flexibility index (Phi) is 3.59. The third-order valence-electron chi connectivity index (χ3n) is 4.38. The van der Waals surface area contributed by atoms with E-state index in [9.17, 15) is 4.79 Å². The van der Waals surface area contributed by atoms with E-state index in [0.717, 1.165) is 19.0 Å². The van der Waals surface area contributed by atoms with Crippen molar-refractivity contribution in [2.24, 2.45) is 11.3 Å². The molecule has 0 bridgehead atoms. The zero-order valence-electron chi connectivity index (χ0n) is 11.7. The molecule has 3 rings (SSSR count). The lowest BCUT2D eigenvalue weighted by Gasteiger charge is -2.15. The second-order valence-corrected chi connectivity index (χ2v) is 6.31. The molecule has 4 nitrogen and oxygen atoms in total. The second kappa shape index (κ2) is 5.24. The Labute approximate surface area is 124 Å². The maximum Gasteiger partial charge on any atom is 0.252 e. The number of carbonyl (C=O) groups is 1. The maximum absolute atomic E-state index is 12.2. The van der Waals surface area contributed by atoms with Crippen LogP contribution in [-0.4, -0.2) is 24.0 Å². The fraction of sp³-hybridized carbons (Fsp3) is 0.600. The fourth-order valence-corrected chi connectivity index (χ4v) is 3.04. The van der Waals surface area contributed by atoms with Crippen molar-refractivity contribution in [3.63, 3.8) is 0 Å². The molecule has 0 radical (unpaired) electrons. The molecule has 0 spiro atoms. The number of anilines is 1. The van der Waals surface area contributed by atoms with Crippen LogP contribution in [0.25, 0.3) is 0 Å². The lowest BCUT2D eigenvalue weighted by Crippen LogP contribution is -2.31. The monoisotopic (exact) mass is 293 g/mol. The van der Waals surface area contributed by atoms with Gasteiger partial charge in [-0.05, 0) is 50.0 Å². The Balaban J connectivity index is 1.60. The van der Waals surface area contributed by atoms with Crippen molar-refractivity contribution >= 4 is 23.3 Å². The van der Waals surface area contributed by atoms with Crippen molar-refractivity contribution < 1.29 is 4.79 Å². The summed E-state index contributed by atoms with van der Waals surface area (Å²) in [5.41, 5.74) is 0.944. The molecular weight excluding hydrogens is 274 g/mol. The minimum absolute atomic E-state index is 0.0747. The number of aromatic nitrogens is 1. The molecule has 1 aromatic heterocycles. The smallest absolute Gasteiger partial charge is 0.252 e. The first-order chi connectivity index (χ1) is 9.64. The normalized spacial score (nSPS) is 19.5. The summed E-state index contributed by atoms with van der Waals surface area (Å²) >= 11 is 6.11. The third kappa shape index (κ3) is 2.75. The van der Waals surface area contributed by atoms with Crippen LogP contribution < -0.4 is 10.6 Å². The fourth-order valence-electron chi connectivity index (χ4n) is 2.80. The molecule has 2 aliphatic rings. The van der Waals surface area contributed by atoms with Gasteiger partial charge in [-0.2, -0.15) is 0 Å². The van der Waals surface area contributed by atoms with E-state index >= 15 is 0 Å². The molecule has 0 aliphatic heterocycles. The number of hydrogen-bond donors (Lipinski definition) is 2. The number of nitrogens with zero attached hydrogens (tertiary/aromatic N) is 1. The van der Waals surface area contributed by atoms with Gasteiger partial charge in [0.15, 0.2) is 0 Å². The van der Waals surface area contributed by atoms with E-state index < -0.39 is 0 Å². The number of pyridine rings is 1. The molecule has 2 aliphatic carbocycles. The van der Waals surface area contributed by atoms with Gasteiger partial charge in [-0.1, -0.05) is 11.6 Å². The summed E-state index contributed by atoms with van der Waals surface area (Å²) in [6, 6.07) is 1.68. The van der Waals surface area contributed by atoms with Crippen molar-refractivity contribution in [1.29, 1.82) is 0 Å². The van der Waals surface area contributed by atoms with Crippen LogP contribution in [0.15, 0.2) is 12.3 Å². The quantitative estimate of drug-likeness (QED) is 0.847. The topological polar surface area (TPSA) is 54.0 Å². The van der Waals surface area contributed by atoms with Crippen molar-refractivity contribution in [2.75, 3.05) is 18.4 Å². The van der Waals surface area contributed by atoms with Crippen molar-refractivity contribution in [3.8, 4) is 0 Å². The highest BCUT2D eigenvalue weighted by atomic mass is 35.5. The van der Waals surface area contributed by atoms with Crippen LogP contribution in [0, 0.1) is 11.3 Å². The number of halogens is 1. The van der Waals surface area contributed by atoms with Gasteiger partial charge < -0.3 is 10.6 Å². The number of rotatable bonds is 6. The zero-order valence-corrected chi connectivity index (χ0v) is 12.5. The molecule has 5 heteroatoms. The predicted octanol–water partition coefficient (Wildman–Crippen LogP) is 3.09. The number of amides is 1. The van der Waals surface area contributed by atoms with Crippen molar-refractivity contribution in [2.45, 2.75) is 32.6 Å². The minimum Gasteiger partial charge on any atom is -0.369 e. The standard InChI is InChI=1S/C15H20ClN3O/c1-2-17-13-12(16)7-10(8-18-13)14(20)19-9-15(5-6-15)11-3-4-11/h7-8,11H,2-6,9H2,1H3,(H,17,18)(H,19,20). The Bertz CT molecular complexity index is 524. The summed E-state index contributed by atoms with van der Waals surface area (Å²) < 4.78 is 0. The van der Waals surface area contributed by atoms with Gasteiger partial charge >= 0.3 is 0 Å². The highest BCUT2D eigenvalue weighted by Crippen LogP contribution is 2.60. The number of hydrogen-bond acceptors (Lipinski definition) is 3. The molecule has 2 N–H and O–H groups in total. The molecule has 2 fully saturated rings. The maximum atomic E-state index is 12.2. The van der Waals surface area contributed by atoms with E-state index in [1.807, 2.05) is 6.92 Å². The van der Waals surface area contributed by atoms with E-state index in [0.29, 0.717) is 21.8 Å². The van der Waals surface area contributed by atoms with Gasteiger partial charge in [-0.25, -0.2) is 4.98 Å². The SMILES string of the molecule is CCNc1ncc(C(=O)NCC2(C3CC3)CC2)cc1Cl.